The molecular weight excluding hydrogens is 308 g/mol. The van der Waals surface area contributed by atoms with Crippen LogP contribution in [-0.4, -0.2) is 32.7 Å². The van der Waals surface area contributed by atoms with Crippen molar-refractivity contribution in [1.82, 2.24) is 4.98 Å². The maximum Gasteiger partial charge on any atom is 0.179 e. The SMILES string of the molecule is CC1CN(c2ncccc2S(C)(=O)=O)CCC1c1ccccc1. The molecule has 2 atom stereocenters. The first kappa shape index (κ1) is 16.0. The third-order valence-corrected chi connectivity index (χ3v) is 5.70. The Hall–Kier alpha value is -1.88. The molecule has 0 saturated carbocycles. The van der Waals surface area contributed by atoms with Gasteiger partial charge in [0, 0.05) is 25.5 Å². The summed E-state index contributed by atoms with van der Waals surface area (Å²) in [5, 5.41) is 0. The van der Waals surface area contributed by atoms with Gasteiger partial charge in [-0.25, -0.2) is 13.4 Å². The molecule has 4 nitrogen and oxygen atoms in total. The van der Waals surface area contributed by atoms with Gasteiger partial charge >= 0.3 is 0 Å². The van der Waals surface area contributed by atoms with Gasteiger partial charge in [0.05, 0.1) is 0 Å². The Morgan fingerprint density at radius 1 is 1.13 bits per heavy atom. The summed E-state index contributed by atoms with van der Waals surface area (Å²) in [5.74, 6) is 1.55. The van der Waals surface area contributed by atoms with E-state index >= 15 is 0 Å². The summed E-state index contributed by atoms with van der Waals surface area (Å²) in [6.45, 7) is 3.87. The lowest BCUT2D eigenvalue weighted by Gasteiger charge is -2.38. The number of pyridine rings is 1. The molecule has 0 spiro atoms. The third-order valence-electron chi connectivity index (χ3n) is 4.58. The summed E-state index contributed by atoms with van der Waals surface area (Å²) >= 11 is 0. The van der Waals surface area contributed by atoms with Crippen molar-refractivity contribution >= 4 is 15.7 Å². The smallest absolute Gasteiger partial charge is 0.179 e. The van der Waals surface area contributed by atoms with E-state index in [1.165, 1.54) is 11.8 Å². The fourth-order valence-corrected chi connectivity index (χ4v) is 4.28. The van der Waals surface area contributed by atoms with Crippen LogP contribution >= 0.6 is 0 Å². The number of benzene rings is 1. The molecule has 0 radical (unpaired) electrons. The lowest BCUT2D eigenvalue weighted by molar-refractivity contribution is 0.381. The summed E-state index contributed by atoms with van der Waals surface area (Å²) < 4.78 is 24.0. The zero-order chi connectivity index (χ0) is 16.4. The molecular formula is C18H22N2O2S. The molecule has 2 heterocycles. The number of piperidine rings is 1. The Balaban J connectivity index is 1.84. The summed E-state index contributed by atoms with van der Waals surface area (Å²) in [4.78, 5) is 6.78. The molecule has 1 aromatic heterocycles. The van der Waals surface area contributed by atoms with E-state index < -0.39 is 9.84 Å². The van der Waals surface area contributed by atoms with Crippen LogP contribution in [0.2, 0.25) is 0 Å². The molecule has 0 bridgehead atoms. The second-order valence-electron chi connectivity index (χ2n) is 6.33. The molecule has 0 aliphatic carbocycles. The van der Waals surface area contributed by atoms with Gasteiger partial charge in [0.25, 0.3) is 0 Å². The van der Waals surface area contributed by atoms with Crippen molar-refractivity contribution in [2.24, 2.45) is 5.92 Å². The molecule has 5 heteroatoms. The van der Waals surface area contributed by atoms with E-state index in [4.69, 9.17) is 0 Å². The number of hydrogen-bond donors (Lipinski definition) is 0. The van der Waals surface area contributed by atoms with Crippen LogP contribution in [0.25, 0.3) is 0 Å². The minimum absolute atomic E-state index is 0.324. The fourth-order valence-electron chi connectivity index (χ4n) is 3.44. The Labute approximate surface area is 138 Å². The number of nitrogens with zero attached hydrogens (tertiary/aromatic N) is 2. The molecule has 3 rings (SSSR count). The lowest BCUT2D eigenvalue weighted by atomic mass is 9.81. The standard InChI is InChI=1S/C18H22N2O2S/c1-14-13-20(12-10-16(14)15-7-4-3-5-8-15)18-17(23(2,21)22)9-6-11-19-18/h3-9,11,14,16H,10,12-13H2,1-2H3. The molecule has 2 aromatic rings. The first-order valence-corrected chi connectivity index (χ1v) is 9.81. The zero-order valence-corrected chi connectivity index (χ0v) is 14.3. The van der Waals surface area contributed by atoms with Gasteiger partial charge in [0.2, 0.25) is 0 Å². The van der Waals surface area contributed by atoms with Crippen molar-refractivity contribution in [3.63, 3.8) is 0 Å². The van der Waals surface area contributed by atoms with Gasteiger partial charge in [-0.05, 0) is 36.0 Å². The maximum absolute atomic E-state index is 12.0. The monoisotopic (exact) mass is 330 g/mol. The number of sulfone groups is 1. The van der Waals surface area contributed by atoms with E-state index in [2.05, 4.69) is 41.1 Å². The molecule has 0 amide bonds. The summed E-state index contributed by atoms with van der Waals surface area (Å²) in [6.07, 6.45) is 3.91. The molecule has 0 N–H and O–H groups in total. The Kier molecular flexibility index (Phi) is 4.39. The summed E-state index contributed by atoms with van der Waals surface area (Å²) in [7, 11) is -3.27. The highest BCUT2D eigenvalue weighted by Gasteiger charge is 2.30. The van der Waals surface area contributed by atoms with Crippen molar-refractivity contribution in [2.75, 3.05) is 24.2 Å². The highest BCUT2D eigenvalue weighted by molar-refractivity contribution is 7.90. The van der Waals surface area contributed by atoms with Crippen LogP contribution in [0.1, 0.15) is 24.8 Å². The average Bonchev–Trinajstić information content (AvgIpc) is 2.55. The molecule has 1 fully saturated rings. The van der Waals surface area contributed by atoms with Gasteiger partial charge < -0.3 is 4.90 Å². The van der Waals surface area contributed by atoms with Gasteiger partial charge in [0.15, 0.2) is 9.84 Å². The van der Waals surface area contributed by atoms with Crippen LogP contribution in [0.15, 0.2) is 53.6 Å². The number of hydrogen-bond acceptors (Lipinski definition) is 4. The average molecular weight is 330 g/mol. The van der Waals surface area contributed by atoms with Crippen LogP contribution in [0, 0.1) is 5.92 Å². The predicted molar refractivity (Wildman–Crippen MR) is 92.5 cm³/mol. The van der Waals surface area contributed by atoms with Crippen LogP contribution < -0.4 is 4.90 Å². The van der Waals surface area contributed by atoms with E-state index in [0.717, 1.165) is 19.5 Å². The van der Waals surface area contributed by atoms with Gasteiger partial charge in [-0.1, -0.05) is 37.3 Å². The van der Waals surface area contributed by atoms with Crippen LogP contribution in [0.4, 0.5) is 5.82 Å². The van der Waals surface area contributed by atoms with Gasteiger partial charge in [-0.15, -0.1) is 0 Å². The zero-order valence-electron chi connectivity index (χ0n) is 13.5. The van der Waals surface area contributed by atoms with E-state index in [1.807, 2.05) is 6.07 Å². The molecule has 1 aliphatic rings. The van der Waals surface area contributed by atoms with Gasteiger partial charge in [-0.2, -0.15) is 0 Å². The van der Waals surface area contributed by atoms with Gasteiger partial charge in [0.1, 0.15) is 10.7 Å². The van der Waals surface area contributed by atoms with Crippen molar-refractivity contribution in [1.29, 1.82) is 0 Å². The number of anilines is 1. The largest absolute Gasteiger partial charge is 0.355 e. The lowest BCUT2D eigenvalue weighted by Crippen LogP contribution is -2.39. The Morgan fingerprint density at radius 3 is 2.52 bits per heavy atom. The minimum atomic E-state index is -3.27. The van der Waals surface area contributed by atoms with Crippen molar-refractivity contribution < 1.29 is 8.42 Å². The number of aromatic nitrogens is 1. The second kappa shape index (κ2) is 6.32. The van der Waals surface area contributed by atoms with E-state index in [1.54, 1.807) is 18.3 Å². The molecule has 1 saturated heterocycles. The van der Waals surface area contributed by atoms with E-state index in [-0.39, 0.29) is 0 Å². The highest BCUT2D eigenvalue weighted by atomic mass is 32.2. The summed E-state index contributed by atoms with van der Waals surface area (Å²) in [6, 6.07) is 13.9. The first-order chi connectivity index (χ1) is 11.0. The molecule has 1 aliphatic heterocycles. The predicted octanol–water partition coefficient (Wildman–Crippen LogP) is 3.12. The normalized spacial score (nSPS) is 22.1. The van der Waals surface area contributed by atoms with Crippen molar-refractivity contribution in [3.8, 4) is 0 Å². The molecule has 2 unspecified atom stereocenters. The highest BCUT2D eigenvalue weighted by Crippen LogP contribution is 2.35. The molecule has 122 valence electrons. The molecule has 1 aromatic carbocycles. The first-order valence-electron chi connectivity index (χ1n) is 7.92. The van der Waals surface area contributed by atoms with Crippen molar-refractivity contribution in [3.05, 3.63) is 54.2 Å². The topological polar surface area (TPSA) is 50.3 Å². The van der Waals surface area contributed by atoms with Crippen LogP contribution in [0.3, 0.4) is 0 Å². The Morgan fingerprint density at radius 2 is 1.87 bits per heavy atom. The number of rotatable bonds is 3. The fraction of sp³-hybridized carbons (Fsp3) is 0.389. The quantitative estimate of drug-likeness (QED) is 0.868. The maximum atomic E-state index is 12.0. The third kappa shape index (κ3) is 3.39. The summed E-state index contributed by atoms with van der Waals surface area (Å²) in [5.41, 5.74) is 1.36. The van der Waals surface area contributed by atoms with Crippen molar-refractivity contribution in [2.45, 2.75) is 24.2 Å². The second-order valence-corrected chi connectivity index (χ2v) is 8.31. The van der Waals surface area contributed by atoms with E-state index in [0.29, 0.717) is 22.5 Å². The minimum Gasteiger partial charge on any atom is -0.355 e. The van der Waals surface area contributed by atoms with E-state index in [9.17, 15) is 8.42 Å². The van der Waals surface area contributed by atoms with Gasteiger partial charge in [-0.3, -0.25) is 0 Å². The molecule has 23 heavy (non-hydrogen) atoms. The van der Waals surface area contributed by atoms with Crippen LogP contribution in [-0.2, 0) is 9.84 Å². The Bertz CT molecular complexity index is 775. The van der Waals surface area contributed by atoms with Crippen LogP contribution in [0.5, 0.6) is 0 Å².